The zero-order chi connectivity index (χ0) is 20.1. The molecule has 1 amide bonds. The largest absolute Gasteiger partial charge is 0.507 e. The van der Waals surface area contributed by atoms with E-state index in [0.717, 1.165) is 29.7 Å². The molecule has 2 aromatic heterocycles. The summed E-state index contributed by atoms with van der Waals surface area (Å²) in [4.78, 5) is 20.4. The number of amides is 1. The molecule has 1 aliphatic carbocycles. The summed E-state index contributed by atoms with van der Waals surface area (Å²) in [7, 11) is 0. The minimum absolute atomic E-state index is 0.0446. The van der Waals surface area contributed by atoms with Gasteiger partial charge in [-0.05, 0) is 38.7 Å². The van der Waals surface area contributed by atoms with Crippen molar-refractivity contribution in [2.75, 3.05) is 11.9 Å². The number of nitrogens with one attached hydrogen (secondary N) is 1. The molecule has 28 heavy (non-hydrogen) atoms. The van der Waals surface area contributed by atoms with Gasteiger partial charge in [0.1, 0.15) is 5.75 Å². The first-order valence-electron chi connectivity index (χ1n) is 9.20. The van der Waals surface area contributed by atoms with Crippen LogP contribution in [0.5, 0.6) is 5.75 Å². The average molecular weight is 381 g/mol. The van der Waals surface area contributed by atoms with Gasteiger partial charge in [-0.2, -0.15) is 0 Å². The van der Waals surface area contributed by atoms with E-state index in [4.69, 9.17) is 5.73 Å². The lowest BCUT2D eigenvalue weighted by atomic mass is 9.96. The van der Waals surface area contributed by atoms with Crippen molar-refractivity contribution in [3.8, 4) is 17.0 Å². The summed E-state index contributed by atoms with van der Waals surface area (Å²) in [5.41, 5.74) is 7.60. The van der Waals surface area contributed by atoms with Crippen molar-refractivity contribution in [3.63, 3.8) is 0 Å². The molecule has 0 spiro atoms. The predicted octanol–water partition coefficient (Wildman–Crippen LogP) is 2.26. The van der Waals surface area contributed by atoms with Gasteiger partial charge >= 0.3 is 0 Å². The van der Waals surface area contributed by atoms with Crippen molar-refractivity contribution >= 4 is 17.4 Å². The molecule has 0 atom stereocenters. The van der Waals surface area contributed by atoms with Crippen molar-refractivity contribution < 1.29 is 15.0 Å². The number of hydrogen-bond donors (Lipinski definition) is 4. The predicted molar refractivity (Wildman–Crippen MR) is 105 cm³/mol. The van der Waals surface area contributed by atoms with Crippen LogP contribution < -0.4 is 11.1 Å². The number of hydrogen-bond acceptors (Lipinski definition) is 6. The van der Waals surface area contributed by atoms with Crippen LogP contribution in [0.25, 0.3) is 16.9 Å². The monoisotopic (exact) mass is 381 g/mol. The number of fused-ring (bicyclic) bond motifs is 1. The Hall–Kier alpha value is -3.13. The molecule has 146 valence electrons. The minimum Gasteiger partial charge on any atom is -0.507 e. The zero-order valence-corrected chi connectivity index (χ0v) is 15.8. The normalized spacial score (nSPS) is 14.4. The number of carbonyl (C=O) groups is 1. The van der Waals surface area contributed by atoms with Gasteiger partial charge < -0.3 is 21.3 Å². The number of benzene rings is 1. The number of nitrogens with two attached hydrogens (primary N) is 1. The summed E-state index contributed by atoms with van der Waals surface area (Å²) in [6.07, 6.45) is 7.08. The summed E-state index contributed by atoms with van der Waals surface area (Å²) in [6, 6.07) is 3.36. The van der Waals surface area contributed by atoms with Gasteiger partial charge in [-0.25, -0.2) is 9.97 Å². The van der Waals surface area contributed by atoms with Crippen molar-refractivity contribution in [2.45, 2.75) is 38.2 Å². The van der Waals surface area contributed by atoms with Crippen LogP contribution in [0.15, 0.2) is 30.7 Å². The third-order valence-electron chi connectivity index (χ3n) is 4.86. The second-order valence-electron chi connectivity index (χ2n) is 7.84. The number of primary amides is 1. The van der Waals surface area contributed by atoms with E-state index in [1.807, 2.05) is 4.40 Å². The number of imidazole rings is 1. The standard InChI is InChI=1S/C20H23N5O3/c1-20(2,28)10-24-18-19-23-9-14(25(19)8-7-22-18)12-5-6-13(17(21)27)16(26)15(12)11-3-4-11/h5-9,11,26,28H,3-4,10H2,1-2H3,(H2,21,27)(H,22,24). The number of aliphatic hydroxyl groups is 1. The number of anilines is 1. The number of rotatable bonds is 6. The number of phenols is 1. The lowest BCUT2D eigenvalue weighted by Crippen LogP contribution is -2.29. The molecule has 1 aliphatic rings. The molecule has 8 heteroatoms. The van der Waals surface area contributed by atoms with Crippen LogP contribution in [-0.2, 0) is 0 Å². The molecule has 0 saturated heterocycles. The third kappa shape index (κ3) is 3.27. The van der Waals surface area contributed by atoms with Gasteiger partial charge in [-0.15, -0.1) is 0 Å². The first-order valence-corrected chi connectivity index (χ1v) is 9.20. The summed E-state index contributed by atoms with van der Waals surface area (Å²) in [5, 5.41) is 23.7. The van der Waals surface area contributed by atoms with E-state index in [1.54, 1.807) is 44.6 Å². The Morgan fingerprint density at radius 3 is 2.75 bits per heavy atom. The van der Waals surface area contributed by atoms with Crippen molar-refractivity contribution in [1.82, 2.24) is 14.4 Å². The van der Waals surface area contributed by atoms with Crippen molar-refractivity contribution in [3.05, 3.63) is 41.9 Å². The first kappa shape index (κ1) is 18.2. The molecule has 0 bridgehead atoms. The summed E-state index contributed by atoms with van der Waals surface area (Å²) < 4.78 is 1.88. The Kier molecular flexibility index (Phi) is 4.23. The molecule has 1 saturated carbocycles. The van der Waals surface area contributed by atoms with E-state index in [-0.39, 0.29) is 17.2 Å². The molecular formula is C20H23N5O3. The van der Waals surface area contributed by atoms with E-state index < -0.39 is 11.5 Å². The molecule has 1 aromatic carbocycles. The van der Waals surface area contributed by atoms with Crippen LogP contribution in [0, 0.1) is 0 Å². The Morgan fingerprint density at radius 1 is 1.36 bits per heavy atom. The maximum absolute atomic E-state index is 11.6. The van der Waals surface area contributed by atoms with E-state index in [0.29, 0.717) is 18.0 Å². The van der Waals surface area contributed by atoms with Crippen LogP contribution in [0.2, 0.25) is 0 Å². The summed E-state index contributed by atoms with van der Waals surface area (Å²) in [6.45, 7) is 3.74. The number of aromatic hydroxyl groups is 1. The molecule has 1 fully saturated rings. The summed E-state index contributed by atoms with van der Waals surface area (Å²) >= 11 is 0. The highest BCUT2D eigenvalue weighted by Crippen LogP contribution is 2.49. The second kappa shape index (κ2) is 6.49. The fourth-order valence-electron chi connectivity index (χ4n) is 3.36. The second-order valence-corrected chi connectivity index (χ2v) is 7.84. The Bertz CT molecular complexity index is 1060. The molecule has 3 aromatic rings. The summed E-state index contributed by atoms with van der Waals surface area (Å²) in [5.74, 6) is 0.0691. The molecule has 5 N–H and O–H groups in total. The van der Waals surface area contributed by atoms with Crippen LogP contribution in [0.1, 0.15) is 48.5 Å². The van der Waals surface area contributed by atoms with Crippen LogP contribution in [-0.4, -0.2) is 42.6 Å². The van der Waals surface area contributed by atoms with E-state index in [1.165, 1.54) is 0 Å². The molecule has 4 rings (SSSR count). The minimum atomic E-state index is -0.889. The van der Waals surface area contributed by atoms with Gasteiger partial charge in [0.15, 0.2) is 11.5 Å². The highest BCUT2D eigenvalue weighted by Gasteiger charge is 2.32. The lowest BCUT2D eigenvalue weighted by Gasteiger charge is -2.18. The molecule has 0 aliphatic heterocycles. The van der Waals surface area contributed by atoms with E-state index in [2.05, 4.69) is 15.3 Å². The Labute approximate surface area is 162 Å². The van der Waals surface area contributed by atoms with Crippen molar-refractivity contribution in [1.29, 1.82) is 0 Å². The van der Waals surface area contributed by atoms with E-state index >= 15 is 0 Å². The molecule has 0 unspecified atom stereocenters. The number of nitrogens with zero attached hydrogens (tertiary/aromatic N) is 3. The van der Waals surface area contributed by atoms with Gasteiger partial charge in [0, 0.05) is 30.1 Å². The van der Waals surface area contributed by atoms with Crippen LogP contribution in [0.3, 0.4) is 0 Å². The Balaban J connectivity index is 1.82. The fraction of sp³-hybridized carbons (Fsp3) is 0.350. The average Bonchev–Trinajstić information content (AvgIpc) is 3.36. The van der Waals surface area contributed by atoms with Gasteiger partial charge in [0.25, 0.3) is 5.91 Å². The smallest absolute Gasteiger partial charge is 0.252 e. The van der Waals surface area contributed by atoms with Gasteiger partial charge in [0.05, 0.1) is 23.1 Å². The van der Waals surface area contributed by atoms with Gasteiger partial charge in [0.2, 0.25) is 0 Å². The SMILES string of the molecule is CC(C)(O)CNc1nccn2c(-c3ccc(C(N)=O)c(O)c3C3CC3)cnc12. The van der Waals surface area contributed by atoms with E-state index in [9.17, 15) is 15.0 Å². The molecule has 8 nitrogen and oxygen atoms in total. The Morgan fingerprint density at radius 2 is 2.11 bits per heavy atom. The third-order valence-corrected chi connectivity index (χ3v) is 4.86. The quantitative estimate of drug-likeness (QED) is 0.519. The zero-order valence-electron chi connectivity index (χ0n) is 15.8. The van der Waals surface area contributed by atoms with Crippen LogP contribution >= 0.6 is 0 Å². The topological polar surface area (TPSA) is 126 Å². The van der Waals surface area contributed by atoms with Crippen molar-refractivity contribution in [2.24, 2.45) is 5.73 Å². The fourth-order valence-corrected chi connectivity index (χ4v) is 3.36. The molecule has 2 heterocycles. The highest BCUT2D eigenvalue weighted by molar-refractivity contribution is 5.97. The lowest BCUT2D eigenvalue weighted by molar-refractivity contribution is 0.0943. The van der Waals surface area contributed by atoms with Gasteiger partial charge in [-0.1, -0.05) is 6.07 Å². The van der Waals surface area contributed by atoms with Crippen LogP contribution in [0.4, 0.5) is 5.82 Å². The number of aromatic nitrogens is 3. The maximum atomic E-state index is 11.6. The molecular weight excluding hydrogens is 358 g/mol. The first-order chi connectivity index (χ1) is 13.3. The molecule has 0 radical (unpaired) electrons. The number of carbonyl (C=O) groups excluding carboxylic acids is 1. The highest BCUT2D eigenvalue weighted by atomic mass is 16.3. The van der Waals surface area contributed by atoms with Gasteiger partial charge in [-0.3, -0.25) is 9.20 Å². The maximum Gasteiger partial charge on any atom is 0.252 e.